The molecule has 26 heavy (non-hydrogen) atoms. The molecule has 2 aromatic rings. The number of carbonyl (C=O) groups is 1. The van der Waals surface area contributed by atoms with Crippen LogP contribution in [0.15, 0.2) is 60.7 Å². The Morgan fingerprint density at radius 3 is 2.27 bits per heavy atom. The Bertz CT molecular complexity index is 677. The summed E-state index contributed by atoms with van der Waals surface area (Å²) in [6.45, 7) is 4.53. The molecule has 2 rings (SSSR count). The van der Waals surface area contributed by atoms with E-state index in [4.69, 9.17) is 9.47 Å². The van der Waals surface area contributed by atoms with Crippen LogP contribution < -0.4 is 4.46 Å². The van der Waals surface area contributed by atoms with Crippen LogP contribution in [0, 0.1) is 5.92 Å². The van der Waals surface area contributed by atoms with Gasteiger partial charge in [0.1, 0.15) is 0 Å². The molecular formula is C21H26O4Se. The first-order valence-corrected chi connectivity index (χ1v) is 10.3. The van der Waals surface area contributed by atoms with Gasteiger partial charge in [0.2, 0.25) is 0 Å². The molecule has 0 spiro atoms. The molecule has 1 unspecified atom stereocenters. The number of carbonyl (C=O) groups excluding carboxylic acids is 1. The molecule has 5 heteroatoms. The number of hydrogen-bond donors (Lipinski definition) is 1. The van der Waals surface area contributed by atoms with Gasteiger partial charge in [0, 0.05) is 0 Å². The van der Waals surface area contributed by atoms with E-state index in [0.717, 1.165) is 10.0 Å². The zero-order chi connectivity index (χ0) is 19.0. The third-order valence-electron chi connectivity index (χ3n) is 4.26. The summed E-state index contributed by atoms with van der Waals surface area (Å²) < 4.78 is 10.8. The van der Waals surface area contributed by atoms with Gasteiger partial charge in [-0.25, -0.2) is 0 Å². The summed E-state index contributed by atoms with van der Waals surface area (Å²) in [5, 5.41) is 10.9. The van der Waals surface area contributed by atoms with E-state index in [9.17, 15) is 9.90 Å². The molecule has 0 saturated carbocycles. The van der Waals surface area contributed by atoms with Crippen molar-refractivity contribution in [1.82, 2.24) is 0 Å². The molecule has 1 N–H and O–H groups in total. The first-order valence-electron chi connectivity index (χ1n) is 8.59. The zero-order valence-electron chi connectivity index (χ0n) is 15.4. The second kappa shape index (κ2) is 9.88. The van der Waals surface area contributed by atoms with Crippen molar-refractivity contribution in [1.29, 1.82) is 0 Å². The van der Waals surface area contributed by atoms with Crippen molar-refractivity contribution < 1.29 is 19.4 Å². The summed E-state index contributed by atoms with van der Waals surface area (Å²) >= 11 is -0.269. The topological polar surface area (TPSA) is 55.8 Å². The number of hydrogen-bond acceptors (Lipinski definition) is 4. The Hall–Kier alpha value is -1.65. The van der Waals surface area contributed by atoms with Crippen molar-refractivity contribution >= 4 is 25.4 Å². The molecule has 4 nitrogen and oxygen atoms in total. The molecule has 0 radical (unpaired) electrons. The minimum absolute atomic E-state index is 0.201. The molecule has 2 aromatic carbocycles. The molecule has 0 amide bonds. The average molecular weight is 421 g/mol. The van der Waals surface area contributed by atoms with Gasteiger partial charge < -0.3 is 0 Å². The van der Waals surface area contributed by atoms with Gasteiger partial charge in [-0.2, -0.15) is 0 Å². The van der Waals surface area contributed by atoms with Crippen LogP contribution in [0.5, 0.6) is 0 Å². The number of methoxy groups -OCH3 is 1. The van der Waals surface area contributed by atoms with E-state index in [1.165, 1.54) is 7.11 Å². The van der Waals surface area contributed by atoms with Gasteiger partial charge in [0.15, 0.2) is 0 Å². The molecule has 0 aliphatic carbocycles. The van der Waals surface area contributed by atoms with Crippen molar-refractivity contribution in [2.45, 2.75) is 30.9 Å². The van der Waals surface area contributed by atoms with Crippen molar-refractivity contribution in [3.8, 4) is 0 Å². The molecule has 0 aromatic heterocycles. The fourth-order valence-electron chi connectivity index (χ4n) is 2.73. The normalized spacial score (nSPS) is 15.7. The maximum atomic E-state index is 12.5. The molecule has 0 aliphatic heterocycles. The van der Waals surface area contributed by atoms with Crippen LogP contribution in [0.2, 0.25) is 4.31 Å². The Labute approximate surface area is 161 Å². The molecule has 0 bridgehead atoms. The van der Waals surface area contributed by atoms with E-state index in [0.29, 0.717) is 13.2 Å². The maximum absolute atomic E-state index is 12.5. The van der Waals surface area contributed by atoms with E-state index in [1.54, 1.807) is 6.92 Å². The molecular weight excluding hydrogens is 395 g/mol. The fraction of sp³-hybridized carbons (Fsp3) is 0.381. The number of esters is 1. The van der Waals surface area contributed by atoms with E-state index in [2.05, 4.69) is 0 Å². The number of benzene rings is 2. The van der Waals surface area contributed by atoms with E-state index in [1.807, 2.05) is 67.6 Å². The van der Waals surface area contributed by atoms with Crippen LogP contribution in [-0.4, -0.2) is 45.9 Å². The molecule has 140 valence electrons. The first-order chi connectivity index (χ1) is 12.5. The Morgan fingerprint density at radius 1 is 1.12 bits per heavy atom. The number of aliphatic hydroxyl groups is 1. The third kappa shape index (κ3) is 5.42. The molecule has 0 aliphatic rings. The summed E-state index contributed by atoms with van der Waals surface area (Å²) in [6.07, 6.45) is -0.856. The van der Waals surface area contributed by atoms with E-state index >= 15 is 0 Å². The van der Waals surface area contributed by atoms with Gasteiger partial charge >= 0.3 is 161 Å². The van der Waals surface area contributed by atoms with Gasteiger partial charge in [-0.05, 0) is 0 Å². The number of rotatable bonds is 9. The summed E-state index contributed by atoms with van der Waals surface area (Å²) in [5.41, 5.74) is 1.08. The summed E-state index contributed by atoms with van der Waals surface area (Å²) in [4.78, 5) is 12.5. The zero-order valence-corrected chi connectivity index (χ0v) is 17.1. The summed E-state index contributed by atoms with van der Waals surface area (Å²) in [7, 11) is 1.37. The summed E-state index contributed by atoms with van der Waals surface area (Å²) in [5.74, 6) is -0.586. The van der Waals surface area contributed by atoms with Crippen LogP contribution in [0.25, 0.3) is 0 Å². The van der Waals surface area contributed by atoms with Crippen molar-refractivity contribution in [3.05, 3.63) is 66.2 Å². The average Bonchev–Trinajstić information content (AvgIpc) is 2.68. The van der Waals surface area contributed by atoms with Gasteiger partial charge in [-0.1, -0.05) is 0 Å². The number of ether oxygens (including phenoxy) is 2. The van der Waals surface area contributed by atoms with Gasteiger partial charge in [-0.3, -0.25) is 0 Å². The van der Waals surface area contributed by atoms with Crippen LogP contribution in [0.4, 0.5) is 0 Å². The predicted octanol–water partition coefficient (Wildman–Crippen LogP) is 2.58. The standard InChI is InChI=1S/C21H26O4Se/c1-16(14-25-15-17-10-6-4-7-11-17)19(22)21(2,20(23)24-3)26-18-12-8-5-9-13-18/h4-13,16,19,22H,14-15H2,1-3H3/t16-,19-,21?/m0/s1. The molecule has 0 saturated heterocycles. The van der Waals surface area contributed by atoms with E-state index in [-0.39, 0.29) is 26.8 Å². The van der Waals surface area contributed by atoms with Crippen LogP contribution >= 0.6 is 0 Å². The predicted molar refractivity (Wildman–Crippen MR) is 103 cm³/mol. The Kier molecular flexibility index (Phi) is 7.85. The fourth-order valence-corrected chi connectivity index (χ4v) is 5.46. The Morgan fingerprint density at radius 2 is 1.69 bits per heavy atom. The van der Waals surface area contributed by atoms with Crippen LogP contribution in [-0.2, 0) is 20.9 Å². The number of aliphatic hydroxyl groups excluding tert-OH is 1. The molecule has 0 heterocycles. The second-order valence-corrected chi connectivity index (χ2v) is 9.63. The third-order valence-corrected chi connectivity index (χ3v) is 7.07. The summed E-state index contributed by atoms with van der Waals surface area (Å²) in [6, 6.07) is 19.7. The minimum atomic E-state index is -0.974. The monoisotopic (exact) mass is 422 g/mol. The van der Waals surface area contributed by atoms with Crippen molar-refractivity contribution in [3.63, 3.8) is 0 Å². The molecule has 3 atom stereocenters. The first kappa shape index (κ1) is 20.7. The van der Waals surface area contributed by atoms with Gasteiger partial charge in [0.05, 0.1) is 0 Å². The Balaban J connectivity index is 2.02. The molecule has 0 fully saturated rings. The van der Waals surface area contributed by atoms with Crippen LogP contribution in [0.3, 0.4) is 0 Å². The SMILES string of the molecule is COC(=O)C(C)([Se]c1ccccc1)[C@@H](O)[C@@H](C)COCc1ccccc1. The quantitative estimate of drug-likeness (QED) is 0.500. The van der Waals surface area contributed by atoms with E-state index < -0.39 is 10.4 Å². The second-order valence-electron chi connectivity index (χ2n) is 6.44. The van der Waals surface area contributed by atoms with Gasteiger partial charge in [-0.15, -0.1) is 0 Å². The van der Waals surface area contributed by atoms with Gasteiger partial charge in [0.25, 0.3) is 0 Å². The van der Waals surface area contributed by atoms with Crippen molar-refractivity contribution in [2.24, 2.45) is 5.92 Å². The van der Waals surface area contributed by atoms with Crippen LogP contribution in [0.1, 0.15) is 19.4 Å². The van der Waals surface area contributed by atoms with Crippen molar-refractivity contribution in [2.75, 3.05) is 13.7 Å².